The van der Waals surface area contributed by atoms with E-state index in [4.69, 9.17) is 28.2 Å². The van der Waals surface area contributed by atoms with Gasteiger partial charge in [-0.25, -0.2) is 4.99 Å². The molecule has 0 unspecified atom stereocenters. The van der Waals surface area contributed by atoms with Crippen LogP contribution in [0.2, 0.25) is 10.0 Å². The van der Waals surface area contributed by atoms with Crippen LogP contribution in [-0.4, -0.2) is 5.84 Å². The van der Waals surface area contributed by atoms with Crippen LogP contribution in [-0.2, 0) is 0 Å². The first-order chi connectivity index (χ1) is 11.2. The molecule has 4 heteroatoms. The topological polar surface area (TPSA) is 24.4 Å². The highest BCUT2D eigenvalue weighted by Crippen LogP contribution is 2.20. The molecule has 3 aromatic rings. The molecule has 0 spiro atoms. The number of rotatable bonds is 3. The Morgan fingerprint density at radius 1 is 0.696 bits per heavy atom. The van der Waals surface area contributed by atoms with Crippen molar-refractivity contribution in [1.82, 2.24) is 0 Å². The first kappa shape index (κ1) is 15.6. The summed E-state index contributed by atoms with van der Waals surface area (Å²) in [6.45, 7) is 0. The molecule has 114 valence electrons. The number of halogens is 2. The number of benzene rings is 3. The van der Waals surface area contributed by atoms with E-state index in [0.717, 1.165) is 22.8 Å². The normalized spacial score (nSPS) is 11.3. The van der Waals surface area contributed by atoms with Crippen molar-refractivity contribution in [2.45, 2.75) is 0 Å². The van der Waals surface area contributed by atoms with Crippen molar-refractivity contribution in [3.05, 3.63) is 94.5 Å². The van der Waals surface area contributed by atoms with Crippen molar-refractivity contribution < 1.29 is 0 Å². The van der Waals surface area contributed by atoms with Gasteiger partial charge in [0.2, 0.25) is 0 Å². The minimum absolute atomic E-state index is 0.691. The lowest BCUT2D eigenvalue weighted by Crippen LogP contribution is -2.13. The molecule has 0 saturated carbocycles. The van der Waals surface area contributed by atoms with E-state index in [1.54, 1.807) is 0 Å². The SMILES string of the molecule is Clc1ccc(/N=C(/Nc2ccc(Cl)cc2)c2ccccc2)cc1. The van der Waals surface area contributed by atoms with Crippen LogP contribution in [0.3, 0.4) is 0 Å². The molecule has 0 bridgehead atoms. The fourth-order valence-corrected chi connectivity index (χ4v) is 2.33. The average molecular weight is 341 g/mol. The average Bonchev–Trinajstić information content (AvgIpc) is 2.59. The zero-order valence-electron chi connectivity index (χ0n) is 12.2. The number of hydrogen-bond acceptors (Lipinski definition) is 1. The Bertz CT molecular complexity index is 795. The van der Waals surface area contributed by atoms with Gasteiger partial charge in [-0.1, -0.05) is 53.5 Å². The van der Waals surface area contributed by atoms with Crippen LogP contribution in [0.25, 0.3) is 0 Å². The van der Waals surface area contributed by atoms with E-state index in [0.29, 0.717) is 10.0 Å². The number of amidine groups is 1. The molecule has 0 amide bonds. The van der Waals surface area contributed by atoms with Crippen LogP contribution in [0.4, 0.5) is 11.4 Å². The lowest BCUT2D eigenvalue weighted by molar-refractivity contribution is 1.46. The Morgan fingerprint density at radius 2 is 1.26 bits per heavy atom. The molecule has 23 heavy (non-hydrogen) atoms. The Kier molecular flexibility index (Phi) is 4.96. The van der Waals surface area contributed by atoms with E-state index in [2.05, 4.69) is 5.32 Å². The molecule has 0 aliphatic heterocycles. The molecule has 0 aliphatic carbocycles. The van der Waals surface area contributed by atoms with E-state index >= 15 is 0 Å². The zero-order valence-corrected chi connectivity index (χ0v) is 13.7. The van der Waals surface area contributed by atoms with Crippen molar-refractivity contribution in [2.24, 2.45) is 4.99 Å². The van der Waals surface area contributed by atoms with Crippen molar-refractivity contribution >= 4 is 40.4 Å². The molecule has 0 aromatic heterocycles. The minimum atomic E-state index is 0.691. The molecule has 1 N–H and O–H groups in total. The van der Waals surface area contributed by atoms with Gasteiger partial charge in [-0.15, -0.1) is 0 Å². The third-order valence-corrected chi connectivity index (χ3v) is 3.73. The van der Waals surface area contributed by atoms with Crippen molar-refractivity contribution in [3.63, 3.8) is 0 Å². The second kappa shape index (κ2) is 7.32. The van der Waals surface area contributed by atoms with Gasteiger partial charge in [0.25, 0.3) is 0 Å². The van der Waals surface area contributed by atoms with E-state index in [1.165, 1.54) is 0 Å². The quantitative estimate of drug-likeness (QED) is 0.446. The maximum Gasteiger partial charge on any atom is 0.138 e. The maximum absolute atomic E-state index is 5.94. The summed E-state index contributed by atoms with van der Waals surface area (Å²) in [5, 5.41) is 4.74. The standard InChI is InChI=1S/C19H14Cl2N2/c20-15-6-10-17(11-7-15)22-19(14-4-2-1-3-5-14)23-18-12-8-16(21)9-13-18/h1-13H,(H,22,23). The zero-order chi connectivity index (χ0) is 16.1. The summed E-state index contributed by atoms with van der Waals surface area (Å²) in [6.07, 6.45) is 0. The van der Waals surface area contributed by atoms with Crippen LogP contribution in [0.15, 0.2) is 83.9 Å². The van der Waals surface area contributed by atoms with Crippen LogP contribution < -0.4 is 5.32 Å². The molecule has 3 aromatic carbocycles. The van der Waals surface area contributed by atoms with Gasteiger partial charge in [-0.05, 0) is 48.5 Å². The van der Waals surface area contributed by atoms with E-state index in [-0.39, 0.29) is 0 Å². The Hall–Kier alpha value is -2.29. The second-order valence-electron chi connectivity index (χ2n) is 4.93. The minimum Gasteiger partial charge on any atom is -0.340 e. The molecule has 0 heterocycles. The highest BCUT2D eigenvalue weighted by atomic mass is 35.5. The van der Waals surface area contributed by atoms with Crippen molar-refractivity contribution in [1.29, 1.82) is 0 Å². The molecule has 0 fully saturated rings. The molecular weight excluding hydrogens is 327 g/mol. The third kappa shape index (κ3) is 4.35. The van der Waals surface area contributed by atoms with Gasteiger partial charge in [0.05, 0.1) is 5.69 Å². The summed E-state index contributed by atoms with van der Waals surface area (Å²) in [5.41, 5.74) is 2.75. The van der Waals surface area contributed by atoms with E-state index < -0.39 is 0 Å². The summed E-state index contributed by atoms with van der Waals surface area (Å²) >= 11 is 11.9. The molecule has 3 rings (SSSR count). The highest BCUT2D eigenvalue weighted by Gasteiger charge is 2.04. The van der Waals surface area contributed by atoms with Crippen LogP contribution in [0.1, 0.15) is 5.56 Å². The molecule has 0 atom stereocenters. The third-order valence-electron chi connectivity index (χ3n) is 3.22. The second-order valence-corrected chi connectivity index (χ2v) is 5.81. The van der Waals surface area contributed by atoms with E-state index in [9.17, 15) is 0 Å². The predicted molar refractivity (Wildman–Crippen MR) is 99.2 cm³/mol. The summed E-state index contributed by atoms with van der Waals surface area (Å²) in [7, 11) is 0. The van der Waals surface area contributed by atoms with Crippen LogP contribution >= 0.6 is 23.2 Å². The first-order valence-electron chi connectivity index (χ1n) is 7.13. The number of nitrogens with zero attached hydrogens (tertiary/aromatic N) is 1. The highest BCUT2D eigenvalue weighted by molar-refractivity contribution is 6.31. The largest absolute Gasteiger partial charge is 0.340 e. The van der Waals surface area contributed by atoms with Gasteiger partial charge in [-0.3, -0.25) is 0 Å². The molecule has 0 radical (unpaired) electrons. The van der Waals surface area contributed by atoms with Gasteiger partial charge < -0.3 is 5.32 Å². The first-order valence-corrected chi connectivity index (χ1v) is 7.88. The smallest absolute Gasteiger partial charge is 0.138 e. The number of anilines is 1. The van der Waals surface area contributed by atoms with Gasteiger partial charge in [-0.2, -0.15) is 0 Å². The number of nitrogens with one attached hydrogen (secondary N) is 1. The van der Waals surface area contributed by atoms with Crippen molar-refractivity contribution in [2.75, 3.05) is 5.32 Å². The summed E-state index contributed by atoms with van der Waals surface area (Å²) < 4.78 is 0. The van der Waals surface area contributed by atoms with Gasteiger partial charge in [0.15, 0.2) is 0 Å². The Balaban J connectivity index is 1.96. The van der Waals surface area contributed by atoms with Crippen LogP contribution in [0, 0.1) is 0 Å². The molecular formula is C19H14Cl2N2. The summed E-state index contributed by atoms with van der Waals surface area (Å²) in [4.78, 5) is 4.70. The molecule has 0 aliphatic rings. The summed E-state index contributed by atoms with van der Waals surface area (Å²) in [6, 6.07) is 24.9. The fraction of sp³-hybridized carbons (Fsp3) is 0. The van der Waals surface area contributed by atoms with Crippen molar-refractivity contribution in [3.8, 4) is 0 Å². The fourth-order valence-electron chi connectivity index (χ4n) is 2.08. The monoisotopic (exact) mass is 340 g/mol. The number of aliphatic imine (C=N–C) groups is 1. The molecule has 0 saturated heterocycles. The maximum atomic E-state index is 5.94. The van der Waals surface area contributed by atoms with Crippen LogP contribution in [0.5, 0.6) is 0 Å². The van der Waals surface area contributed by atoms with Gasteiger partial charge in [0, 0.05) is 21.3 Å². The van der Waals surface area contributed by atoms with Gasteiger partial charge >= 0.3 is 0 Å². The predicted octanol–water partition coefficient (Wildman–Crippen LogP) is 6.18. The lowest BCUT2D eigenvalue weighted by atomic mass is 10.2. The Labute approximate surface area is 145 Å². The van der Waals surface area contributed by atoms with E-state index in [1.807, 2.05) is 78.9 Å². The lowest BCUT2D eigenvalue weighted by Gasteiger charge is -2.11. The number of hydrogen-bond donors (Lipinski definition) is 1. The van der Waals surface area contributed by atoms with Gasteiger partial charge in [0.1, 0.15) is 5.84 Å². The Morgan fingerprint density at radius 3 is 1.87 bits per heavy atom. The molecule has 2 nitrogen and oxygen atoms in total. The summed E-state index contributed by atoms with van der Waals surface area (Å²) in [5.74, 6) is 0.759.